The molecular weight excluding hydrogens is 258 g/mol. The Kier molecular flexibility index (Phi) is 4.11. The van der Waals surface area contributed by atoms with Crippen molar-refractivity contribution < 1.29 is 18.3 Å². The first-order valence-electron chi connectivity index (χ1n) is 5.07. The Morgan fingerprint density at radius 1 is 1.67 bits per heavy atom. The van der Waals surface area contributed by atoms with Crippen LogP contribution in [0.25, 0.3) is 0 Å². The van der Waals surface area contributed by atoms with Crippen LogP contribution < -0.4 is 4.72 Å². The van der Waals surface area contributed by atoms with Gasteiger partial charge in [-0.15, -0.1) is 0 Å². The van der Waals surface area contributed by atoms with Crippen LogP contribution in [0.5, 0.6) is 0 Å². The topological polar surface area (TPSA) is 112 Å². The minimum absolute atomic E-state index is 0.0395. The number of aromatic nitrogens is 1. The van der Waals surface area contributed by atoms with Crippen molar-refractivity contribution in [3.63, 3.8) is 0 Å². The molecule has 0 radical (unpaired) electrons. The zero-order valence-electron chi connectivity index (χ0n) is 9.91. The molecule has 0 aromatic carbocycles. The smallest absolute Gasteiger partial charge is 0.352 e. The van der Waals surface area contributed by atoms with E-state index in [4.69, 9.17) is 10.4 Å². The van der Waals surface area contributed by atoms with Crippen molar-refractivity contribution in [3.8, 4) is 6.07 Å². The van der Waals surface area contributed by atoms with Gasteiger partial charge < -0.3 is 9.67 Å². The Morgan fingerprint density at radius 2 is 2.28 bits per heavy atom. The van der Waals surface area contributed by atoms with E-state index < -0.39 is 22.0 Å². The summed E-state index contributed by atoms with van der Waals surface area (Å²) in [4.78, 5) is 10.7. The lowest BCUT2D eigenvalue weighted by Crippen LogP contribution is -2.32. The zero-order valence-corrected chi connectivity index (χ0v) is 10.7. The highest BCUT2D eigenvalue weighted by Crippen LogP contribution is 2.14. The van der Waals surface area contributed by atoms with Crippen molar-refractivity contribution in [3.05, 3.63) is 18.0 Å². The number of carboxylic acid groups (broad SMARTS) is 1. The van der Waals surface area contributed by atoms with Gasteiger partial charge in [0.2, 0.25) is 10.0 Å². The van der Waals surface area contributed by atoms with Crippen molar-refractivity contribution in [1.82, 2.24) is 9.29 Å². The second-order valence-corrected chi connectivity index (χ2v) is 5.58. The van der Waals surface area contributed by atoms with Crippen LogP contribution in [0.15, 0.2) is 17.2 Å². The largest absolute Gasteiger partial charge is 0.477 e. The number of nitrogens with zero attached hydrogens (tertiary/aromatic N) is 2. The molecule has 0 fully saturated rings. The maximum atomic E-state index is 11.9. The molecule has 0 spiro atoms. The number of hydrogen-bond acceptors (Lipinski definition) is 4. The number of rotatable bonds is 5. The van der Waals surface area contributed by atoms with Crippen molar-refractivity contribution in [1.29, 1.82) is 5.26 Å². The fourth-order valence-corrected chi connectivity index (χ4v) is 2.72. The zero-order chi connectivity index (χ0) is 13.9. The normalized spacial score (nSPS) is 12.9. The molecule has 0 aliphatic rings. The Morgan fingerprint density at radius 3 is 2.72 bits per heavy atom. The predicted molar refractivity (Wildman–Crippen MR) is 62.4 cm³/mol. The summed E-state index contributed by atoms with van der Waals surface area (Å²) in [6, 6.07) is 2.39. The molecule has 18 heavy (non-hydrogen) atoms. The van der Waals surface area contributed by atoms with Crippen LogP contribution in [0, 0.1) is 11.3 Å². The van der Waals surface area contributed by atoms with Crippen molar-refractivity contribution in [2.24, 2.45) is 7.05 Å². The highest BCUT2D eigenvalue weighted by Gasteiger charge is 2.21. The summed E-state index contributed by atoms with van der Waals surface area (Å²) in [5.74, 6) is -1.20. The monoisotopic (exact) mass is 271 g/mol. The summed E-state index contributed by atoms with van der Waals surface area (Å²) >= 11 is 0. The Labute approximate surface area is 105 Å². The molecule has 2 N–H and O–H groups in total. The van der Waals surface area contributed by atoms with Gasteiger partial charge in [0.05, 0.1) is 12.5 Å². The standard InChI is InChI=1S/C10H13N3O4S/c1-7(3-4-11)12-18(16,17)8-5-9(10(14)15)13(2)6-8/h5-7,12H,3H2,1-2H3,(H,14,15). The molecule has 1 rings (SSSR count). The fourth-order valence-electron chi connectivity index (χ4n) is 1.41. The molecule has 1 aromatic heterocycles. The molecule has 1 unspecified atom stereocenters. The van der Waals surface area contributed by atoms with E-state index >= 15 is 0 Å². The molecule has 1 atom stereocenters. The van der Waals surface area contributed by atoms with E-state index in [1.807, 2.05) is 6.07 Å². The van der Waals surface area contributed by atoms with Gasteiger partial charge in [0, 0.05) is 19.3 Å². The molecule has 0 saturated heterocycles. The molecule has 0 aliphatic carbocycles. The van der Waals surface area contributed by atoms with E-state index in [9.17, 15) is 13.2 Å². The van der Waals surface area contributed by atoms with Gasteiger partial charge in [-0.25, -0.2) is 17.9 Å². The number of sulfonamides is 1. The van der Waals surface area contributed by atoms with Crippen molar-refractivity contribution in [2.45, 2.75) is 24.3 Å². The first-order valence-corrected chi connectivity index (χ1v) is 6.55. The molecule has 0 amide bonds. The third-order valence-electron chi connectivity index (χ3n) is 2.26. The summed E-state index contributed by atoms with van der Waals surface area (Å²) in [5, 5.41) is 17.3. The molecule has 7 nitrogen and oxygen atoms in total. The van der Waals surface area contributed by atoms with E-state index in [1.165, 1.54) is 17.8 Å². The third kappa shape index (κ3) is 3.09. The van der Waals surface area contributed by atoms with Crippen LogP contribution in [-0.2, 0) is 17.1 Å². The van der Waals surface area contributed by atoms with Crippen LogP contribution in [0.3, 0.4) is 0 Å². The molecule has 98 valence electrons. The van der Waals surface area contributed by atoms with Gasteiger partial charge in [-0.2, -0.15) is 5.26 Å². The van der Waals surface area contributed by atoms with Crippen LogP contribution in [0.2, 0.25) is 0 Å². The lowest BCUT2D eigenvalue weighted by molar-refractivity contribution is 0.0686. The summed E-state index contributed by atoms with van der Waals surface area (Å²) in [7, 11) is -2.36. The molecule has 0 aliphatic heterocycles. The molecule has 0 bridgehead atoms. The first kappa shape index (κ1) is 14.2. The minimum atomic E-state index is -3.80. The number of carbonyl (C=O) groups is 1. The van der Waals surface area contributed by atoms with E-state index in [0.29, 0.717) is 0 Å². The second kappa shape index (κ2) is 5.20. The lowest BCUT2D eigenvalue weighted by Gasteiger charge is -2.09. The highest BCUT2D eigenvalue weighted by atomic mass is 32.2. The van der Waals surface area contributed by atoms with Gasteiger partial charge in [-0.3, -0.25) is 0 Å². The van der Waals surface area contributed by atoms with Crippen molar-refractivity contribution in [2.75, 3.05) is 0 Å². The lowest BCUT2D eigenvalue weighted by atomic mass is 10.3. The Hall–Kier alpha value is -1.85. The van der Waals surface area contributed by atoms with Crippen molar-refractivity contribution >= 4 is 16.0 Å². The number of aryl methyl sites for hydroxylation is 1. The number of hydrogen-bond donors (Lipinski definition) is 2. The van der Waals surface area contributed by atoms with E-state index in [-0.39, 0.29) is 17.0 Å². The van der Waals surface area contributed by atoms with Gasteiger partial charge in [-0.05, 0) is 13.0 Å². The summed E-state index contributed by atoms with van der Waals surface area (Å²) in [5.41, 5.74) is -0.122. The fraction of sp³-hybridized carbons (Fsp3) is 0.400. The predicted octanol–water partition coefficient (Wildman–Crippen LogP) is 0.304. The highest BCUT2D eigenvalue weighted by molar-refractivity contribution is 7.89. The second-order valence-electron chi connectivity index (χ2n) is 3.86. The Balaban J connectivity index is 3.03. The first-order chi connectivity index (χ1) is 8.27. The van der Waals surface area contributed by atoms with Crippen LogP contribution in [0.1, 0.15) is 23.8 Å². The Bertz CT molecular complexity index is 597. The SMILES string of the molecule is CC(CC#N)NS(=O)(=O)c1cc(C(=O)O)n(C)c1. The maximum Gasteiger partial charge on any atom is 0.352 e. The number of carboxylic acids is 1. The number of nitriles is 1. The van der Waals surface area contributed by atoms with Crippen LogP contribution in [0.4, 0.5) is 0 Å². The maximum absolute atomic E-state index is 11.9. The third-order valence-corrected chi connectivity index (χ3v) is 3.82. The average molecular weight is 271 g/mol. The van der Waals surface area contributed by atoms with E-state index in [2.05, 4.69) is 4.72 Å². The number of aromatic carboxylic acids is 1. The van der Waals surface area contributed by atoms with E-state index in [0.717, 1.165) is 6.07 Å². The van der Waals surface area contributed by atoms with Crippen LogP contribution in [-0.4, -0.2) is 30.1 Å². The quantitative estimate of drug-likeness (QED) is 0.800. The molecule has 1 heterocycles. The number of nitrogens with one attached hydrogen (secondary N) is 1. The van der Waals surface area contributed by atoms with Gasteiger partial charge >= 0.3 is 5.97 Å². The molecule has 1 aromatic rings. The summed E-state index contributed by atoms with van der Waals surface area (Å²) in [6.45, 7) is 1.56. The molecular formula is C10H13N3O4S. The minimum Gasteiger partial charge on any atom is -0.477 e. The van der Waals surface area contributed by atoms with Gasteiger partial charge in [0.25, 0.3) is 0 Å². The molecule has 0 saturated carbocycles. The van der Waals surface area contributed by atoms with Gasteiger partial charge in [-0.1, -0.05) is 0 Å². The summed E-state index contributed by atoms with van der Waals surface area (Å²) < 4.78 is 27.3. The summed E-state index contributed by atoms with van der Waals surface area (Å²) in [6.07, 6.45) is 1.25. The van der Waals surface area contributed by atoms with Gasteiger partial charge in [0.1, 0.15) is 10.6 Å². The average Bonchev–Trinajstić information content (AvgIpc) is 2.60. The van der Waals surface area contributed by atoms with Gasteiger partial charge in [0.15, 0.2) is 0 Å². The van der Waals surface area contributed by atoms with Crippen LogP contribution >= 0.6 is 0 Å². The molecule has 8 heteroatoms. The van der Waals surface area contributed by atoms with E-state index in [1.54, 1.807) is 6.92 Å².